The first-order chi connectivity index (χ1) is 22.7. The maximum absolute atomic E-state index is 13.5. The van der Waals surface area contributed by atoms with Crippen molar-refractivity contribution in [1.29, 1.82) is 0 Å². The first-order valence-electron chi connectivity index (χ1n) is 15.7. The summed E-state index contributed by atoms with van der Waals surface area (Å²) in [5.74, 6) is -2.41. The normalized spacial score (nSPS) is 16.9. The van der Waals surface area contributed by atoms with Gasteiger partial charge in [0, 0.05) is 61.8 Å². The van der Waals surface area contributed by atoms with Crippen LogP contribution in [0.5, 0.6) is 17.2 Å². The summed E-state index contributed by atoms with van der Waals surface area (Å²) < 4.78 is 11.0. The van der Waals surface area contributed by atoms with Crippen molar-refractivity contribution in [2.45, 2.75) is 63.9 Å². The van der Waals surface area contributed by atoms with Gasteiger partial charge in [0.05, 0.1) is 13.2 Å². The molecule has 0 radical (unpaired) electrons. The summed E-state index contributed by atoms with van der Waals surface area (Å²) in [6, 6.07) is 11.4. The number of fused-ring (bicyclic) bond motifs is 1. The Hall–Kier alpha value is -5.19. The number of aromatic hydroxyl groups is 2. The standard InChI is InChI=1S/C36H41N3O8/c1-23-7-6-10-27(40)9-5-3-4-8-26-21-30(41)33(34(43)32(26)36(45)47-23)29(24-11-13-28(46-2)14-12-24)22-31(42)38-19-20-39-35(44)25-15-17-37-18-16-25/h4,8,11-18,21,23,29,41,43H,3,5-7,9-10,19-20,22H2,1-2H3,(H,38,42)(H,39,44)/b8-4+/t23-,29?/m0/s1. The van der Waals surface area contributed by atoms with Gasteiger partial charge in [-0.3, -0.25) is 19.4 Å². The molecule has 1 unspecified atom stereocenters. The molecule has 0 aliphatic carbocycles. The minimum absolute atomic E-state index is 0.000210. The van der Waals surface area contributed by atoms with E-state index in [1.165, 1.54) is 25.6 Å². The number of ether oxygens (including phenoxy) is 2. The predicted octanol–water partition coefficient (Wildman–Crippen LogP) is 5.05. The fourth-order valence-corrected chi connectivity index (χ4v) is 5.48. The number of benzene rings is 2. The van der Waals surface area contributed by atoms with E-state index in [1.54, 1.807) is 55.5 Å². The Bertz CT molecular complexity index is 1590. The molecule has 2 aromatic carbocycles. The van der Waals surface area contributed by atoms with Gasteiger partial charge in [-0.1, -0.05) is 24.3 Å². The van der Waals surface area contributed by atoms with Gasteiger partial charge in [0.1, 0.15) is 28.6 Å². The molecule has 4 rings (SSSR count). The van der Waals surface area contributed by atoms with Crippen molar-refractivity contribution >= 4 is 29.6 Å². The third kappa shape index (κ3) is 9.65. The summed E-state index contributed by atoms with van der Waals surface area (Å²) in [5, 5.41) is 28.5. The number of phenols is 2. The number of allylic oxidation sites excluding steroid dienone is 1. The monoisotopic (exact) mass is 643 g/mol. The van der Waals surface area contributed by atoms with E-state index < -0.39 is 29.6 Å². The number of nitrogens with zero attached hydrogens (tertiary/aromatic N) is 1. The number of hydrogen-bond donors (Lipinski definition) is 4. The molecule has 0 bridgehead atoms. The molecule has 0 saturated heterocycles. The van der Waals surface area contributed by atoms with Gasteiger partial charge in [-0.15, -0.1) is 0 Å². The van der Waals surface area contributed by atoms with Crippen LogP contribution in [0.3, 0.4) is 0 Å². The van der Waals surface area contributed by atoms with E-state index in [2.05, 4.69) is 15.6 Å². The molecule has 0 saturated carbocycles. The van der Waals surface area contributed by atoms with Gasteiger partial charge in [-0.05, 0) is 74.1 Å². The van der Waals surface area contributed by atoms with Gasteiger partial charge in [0.15, 0.2) is 0 Å². The SMILES string of the molecule is COc1ccc(C(CC(=O)NCCNC(=O)c2ccncc2)c2c(O)cc3c(c2O)C(=O)O[C@@H](C)CCCC(=O)CCC/C=C/3)cc1. The number of nitrogens with one attached hydrogen (secondary N) is 2. The molecular weight excluding hydrogens is 602 g/mol. The fourth-order valence-electron chi connectivity index (χ4n) is 5.48. The molecule has 1 aliphatic heterocycles. The lowest BCUT2D eigenvalue weighted by Crippen LogP contribution is -2.35. The highest BCUT2D eigenvalue weighted by Crippen LogP contribution is 2.44. The Labute approximate surface area is 274 Å². The second-order valence-corrected chi connectivity index (χ2v) is 11.4. The molecule has 4 N–H and O–H groups in total. The van der Waals surface area contributed by atoms with Crippen molar-refractivity contribution < 1.29 is 38.9 Å². The van der Waals surface area contributed by atoms with Crippen LogP contribution >= 0.6 is 0 Å². The highest BCUT2D eigenvalue weighted by Gasteiger charge is 2.31. The number of amides is 2. The van der Waals surface area contributed by atoms with Crippen LogP contribution in [0.2, 0.25) is 0 Å². The Balaban J connectivity index is 1.63. The van der Waals surface area contributed by atoms with Crippen LogP contribution in [0.4, 0.5) is 0 Å². The fraction of sp³-hybridized carbons (Fsp3) is 0.361. The number of Topliss-reactive ketones (excluding diaryl/α,β-unsaturated/α-hetero) is 1. The molecule has 11 nitrogen and oxygen atoms in total. The lowest BCUT2D eigenvalue weighted by molar-refractivity contribution is -0.121. The van der Waals surface area contributed by atoms with Crippen LogP contribution in [0, 0.1) is 0 Å². The van der Waals surface area contributed by atoms with Gasteiger partial charge in [-0.2, -0.15) is 0 Å². The molecule has 1 aromatic heterocycles. The van der Waals surface area contributed by atoms with Crippen molar-refractivity contribution in [2.24, 2.45) is 0 Å². The number of hydrogen-bond acceptors (Lipinski definition) is 9. The van der Waals surface area contributed by atoms with Crippen LogP contribution in [-0.2, 0) is 14.3 Å². The molecule has 11 heteroatoms. The van der Waals surface area contributed by atoms with E-state index in [0.29, 0.717) is 55.4 Å². The molecular formula is C36H41N3O8. The summed E-state index contributed by atoms with van der Waals surface area (Å²) in [5.41, 5.74) is 1.16. The predicted molar refractivity (Wildman–Crippen MR) is 175 cm³/mol. The van der Waals surface area contributed by atoms with Crippen LogP contribution < -0.4 is 15.4 Å². The van der Waals surface area contributed by atoms with Crippen LogP contribution in [0.15, 0.2) is 60.9 Å². The number of phenolic OH excluding ortho intramolecular Hbond substituents is 2. The average molecular weight is 644 g/mol. The Morgan fingerprint density at radius 2 is 1.72 bits per heavy atom. The minimum atomic E-state index is -0.870. The summed E-state index contributed by atoms with van der Waals surface area (Å²) in [6.07, 6.45) is 8.84. The van der Waals surface area contributed by atoms with Crippen molar-refractivity contribution in [3.8, 4) is 17.2 Å². The summed E-state index contributed by atoms with van der Waals surface area (Å²) in [6.45, 7) is 2.03. The number of aromatic nitrogens is 1. The van der Waals surface area contributed by atoms with Crippen molar-refractivity contribution in [3.05, 3.63) is 88.8 Å². The molecule has 248 valence electrons. The third-order valence-corrected chi connectivity index (χ3v) is 7.98. The molecule has 47 heavy (non-hydrogen) atoms. The summed E-state index contributed by atoms with van der Waals surface area (Å²) in [7, 11) is 1.52. The lowest BCUT2D eigenvalue weighted by atomic mass is 9.84. The van der Waals surface area contributed by atoms with E-state index in [-0.39, 0.29) is 53.6 Å². The average Bonchev–Trinajstić information content (AvgIpc) is 3.05. The zero-order valence-electron chi connectivity index (χ0n) is 26.7. The number of esters is 1. The first-order valence-corrected chi connectivity index (χ1v) is 15.7. The number of carbonyl (C=O) groups is 4. The number of ketones is 1. The number of rotatable bonds is 9. The zero-order valence-corrected chi connectivity index (χ0v) is 26.7. The summed E-state index contributed by atoms with van der Waals surface area (Å²) >= 11 is 0. The first kappa shape index (κ1) is 34.7. The smallest absolute Gasteiger partial charge is 0.342 e. The second-order valence-electron chi connectivity index (χ2n) is 11.4. The van der Waals surface area contributed by atoms with E-state index in [0.717, 1.165) is 0 Å². The van der Waals surface area contributed by atoms with E-state index in [1.807, 2.05) is 0 Å². The lowest BCUT2D eigenvalue weighted by Gasteiger charge is -2.23. The van der Waals surface area contributed by atoms with Gasteiger partial charge in [0.25, 0.3) is 5.91 Å². The van der Waals surface area contributed by atoms with Gasteiger partial charge in [0.2, 0.25) is 5.91 Å². The molecule has 0 spiro atoms. The number of methoxy groups -OCH3 is 1. The van der Waals surface area contributed by atoms with Gasteiger partial charge >= 0.3 is 5.97 Å². The molecule has 3 aromatic rings. The molecule has 0 fully saturated rings. The number of pyridine rings is 1. The van der Waals surface area contributed by atoms with Gasteiger partial charge in [-0.25, -0.2) is 4.79 Å². The largest absolute Gasteiger partial charge is 0.507 e. The minimum Gasteiger partial charge on any atom is -0.507 e. The number of carbonyl (C=O) groups excluding carboxylic acids is 4. The maximum atomic E-state index is 13.5. The maximum Gasteiger partial charge on any atom is 0.342 e. The summed E-state index contributed by atoms with van der Waals surface area (Å²) in [4.78, 5) is 55.1. The molecule has 1 aliphatic rings. The van der Waals surface area contributed by atoms with Crippen molar-refractivity contribution in [2.75, 3.05) is 20.2 Å². The molecule has 2 atom stereocenters. The van der Waals surface area contributed by atoms with Gasteiger partial charge < -0.3 is 30.3 Å². The Morgan fingerprint density at radius 3 is 2.45 bits per heavy atom. The van der Waals surface area contributed by atoms with Crippen molar-refractivity contribution in [3.63, 3.8) is 0 Å². The highest BCUT2D eigenvalue weighted by atomic mass is 16.5. The zero-order chi connectivity index (χ0) is 33.8. The topological polar surface area (TPSA) is 164 Å². The second kappa shape index (κ2) is 16.9. The van der Waals surface area contributed by atoms with E-state index >= 15 is 0 Å². The van der Waals surface area contributed by atoms with Crippen LogP contribution in [0.25, 0.3) is 6.08 Å². The number of cyclic esters (lactones) is 1. The Morgan fingerprint density at radius 1 is 1.02 bits per heavy atom. The molecule has 2 heterocycles. The quantitative estimate of drug-likeness (QED) is 0.184. The van der Waals surface area contributed by atoms with Crippen LogP contribution in [-0.4, -0.2) is 65.1 Å². The molecule has 2 amide bonds. The highest BCUT2D eigenvalue weighted by molar-refractivity contribution is 5.98. The van der Waals surface area contributed by atoms with Crippen LogP contribution in [0.1, 0.15) is 95.2 Å². The Kier molecular flexibility index (Phi) is 12.5. The van der Waals surface area contributed by atoms with E-state index in [4.69, 9.17) is 9.47 Å². The van der Waals surface area contributed by atoms with E-state index in [9.17, 15) is 29.4 Å². The van der Waals surface area contributed by atoms with Crippen molar-refractivity contribution in [1.82, 2.24) is 15.6 Å². The third-order valence-electron chi connectivity index (χ3n) is 7.98.